The summed E-state index contributed by atoms with van der Waals surface area (Å²) in [5.41, 5.74) is -0.285. The lowest BCUT2D eigenvalue weighted by atomic mass is 10.1. The molecule has 1 atom stereocenters. The van der Waals surface area contributed by atoms with Crippen LogP contribution in [-0.4, -0.2) is 45.0 Å². The Hall–Kier alpha value is -1.51. The number of halogens is 1. The molecule has 1 fully saturated rings. The van der Waals surface area contributed by atoms with Gasteiger partial charge < -0.3 is 9.64 Å². The highest BCUT2D eigenvalue weighted by Gasteiger charge is 2.27. The highest BCUT2D eigenvalue weighted by Crippen LogP contribution is 2.20. The molecule has 2 rings (SSSR count). The Morgan fingerprint density at radius 1 is 1.48 bits per heavy atom. The van der Waals surface area contributed by atoms with Crippen molar-refractivity contribution in [2.24, 2.45) is 5.14 Å². The molecular weight excluding hydrogens is 323 g/mol. The number of piperidine rings is 1. The normalized spacial score (nSPS) is 18.9. The minimum absolute atomic E-state index is 0.0721. The van der Waals surface area contributed by atoms with Crippen molar-refractivity contribution in [3.05, 3.63) is 29.6 Å². The number of sulfonamides is 1. The second kappa shape index (κ2) is 7.37. The van der Waals surface area contributed by atoms with Gasteiger partial charge in [0.05, 0.1) is 16.6 Å². The number of carbonyl (C=O) groups is 1. The summed E-state index contributed by atoms with van der Waals surface area (Å²) in [6.45, 7) is 3.48. The van der Waals surface area contributed by atoms with Gasteiger partial charge in [-0.3, -0.25) is 4.79 Å². The van der Waals surface area contributed by atoms with Gasteiger partial charge in [0.1, 0.15) is 5.82 Å². The van der Waals surface area contributed by atoms with Crippen molar-refractivity contribution < 1.29 is 22.3 Å². The Morgan fingerprint density at radius 2 is 2.22 bits per heavy atom. The summed E-state index contributed by atoms with van der Waals surface area (Å²) in [6.07, 6.45) is 2.42. The Morgan fingerprint density at radius 3 is 2.87 bits per heavy atom. The zero-order valence-corrected chi connectivity index (χ0v) is 13.8. The van der Waals surface area contributed by atoms with Crippen molar-refractivity contribution in [1.82, 2.24) is 4.90 Å². The smallest absolute Gasteiger partial charge is 0.256 e. The predicted octanol–water partition coefficient (Wildman–Crippen LogP) is 1.50. The molecular formula is C15H21FN2O4S. The number of nitrogens with zero attached hydrogens (tertiary/aromatic N) is 1. The van der Waals surface area contributed by atoms with Crippen LogP contribution in [0.1, 0.15) is 36.5 Å². The molecule has 1 heterocycles. The first kappa shape index (κ1) is 17.8. The first-order chi connectivity index (χ1) is 10.8. The summed E-state index contributed by atoms with van der Waals surface area (Å²) in [5.74, 6) is -1.31. The highest BCUT2D eigenvalue weighted by atomic mass is 32.2. The molecule has 1 unspecified atom stereocenters. The number of primary sulfonamides is 1. The topological polar surface area (TPSA) is 89.7 Å². The van der Waals surface area contributed by atoms with E-state index in [0.29, 0.717) is 19.7 Å². The van der Waals surface area contributed by atoms with Gasteiger partial charge in [-0.05, 0) is 37.5 Å². The van der Waals surface area contributed by atoms with Crippen molar-refractivity contribution in [3.63, 3.8) is 0 Å². The third kappa shape index (κ3) is 4.49. The van der Waals surface area contributed by atoms with Crippen LogP contribution in [0.5, 0.6) is 0 Å². The molecule has 2 N–H and O–H groups in total. The van der Waals surface area contributed by atoms with E-state index < -0.39 is 21.7 Å². The lowest BCUT2D eigenvalue weighted by Gasteiger charge is -2.32. The SMILES string of the molecule is CCCOC1CCCN(C(=O)c2cc(S(N)(=O)=O)ccc2F)C1. The summed E-state index contributed by atoms with van der Waals surface area (Å²) >= 11 is 0. The zero-order chi connectivity index (χ0) is 17.0. The van der Waals surface area contributed by atoms with Crippen LogP contribution in [0, 0.1) is 5.82 Å². The molecule has 8 heteroatoms. The van der Waals surface area contributed by atoms with E-state index in [-0.39, 0.29) is 16.6 Å². The molecule has 0 saturated carbocycles. The number of hydrogen-bond donors (Lipinski definition) is 1. The van der Waals surface area contributed by atoms with E-state index in [0.717, 1.165) is 37.5 Å². The minimum atomic E-state index is -3.99. The first-order valence-corrected chi connectivity index (χ1v) is 9.10. The number of hydrogen-bond acceptors (Lipinski definition) is 4. The summed E-state index contributed by atoms with van der Waals surface area (Å²) < 4.78 is 42.4. The van der Waals surface area contributed by atoms with E-state index in [1.54, 1.807) is 0 Å². The molecule has 1 saturated heterocycles. The molecule has 23 heavy (non-hydrogen) atoms. The van der Waals surface area contributed by atoms with Gasteiger partial charge >= 0.3 is 0 Å². The van der Waals surface area contributed by atoms with Crippen molar-refractivity contribution >= 4 is 15.9 Å². The summed E-state index contributed by atoms with van der Waals surface area (Å²) in [7, 11) is -3.99. The van der Waals surface area contributed by atoms with Crippen LogP contribution >= 0.6 is 0 Å². The number of ether oxygens (including phenoxy) is 1. The van der Waals surface area contributed by atoms with E-state index in [9.17, 15) is 17.6 Å². The van der Waals surface area contributed by atoms with E-state index in [4.69, 9.17) is 9.88 Å². The Labute approximate surface area is 135 Å². The fourth-order valence-corrected chi connectivity index (χ4v) is 3.10. The summed E-state index contributed by atoms with van der Waals surface area (Å²) in [6, 6.07) is 2.98. The van der Waals surface area contributed by atoms with Crippen LogP contribution in [0.15, 0.2) is 23.1 Å². The Balaban J connectivity index is 2.19. The molecule has 0 radical (unpaired) electrons. The van der Waals surface area contributed by atoms with Crippen molar-refractivity contribution in [3.8, 4) is 0 Å². The molecule has 1 aliphatic rings. The fraction of sp³-hybridized carbons (Fsp3) is 0.533. The van der Waals surface area contributed by atoms with Gasteiger partial charge in [-0.15, -0.1) is 0 Å². The molecule has 1 aromatic rings. The molecule has 0 aliphatic carbocycles. The van der Waals surface area contributed by atoms with Gasteiger partial charge in [0.2, 0.25) is 10.0 Å². The third-order valence-electron chi connectivity index (χ3n) is 3.72. The number of rotatable bonds is 5. The number of amides is 1. The van der Waals surface area contributed by atoms with Crippen LogP contribution in [0.2, 0.25) is 0 Å². The molecule has 128 valence electrons. The van der Waals surface area contributed by atoms with E-state index in [1.807, 2.05) is 6.92 Å². The maximum absolute atomic E-state index is 13.9. The van der Waals surface area contributed by atoms with Crippen LogP contribution in [0.25, 0.3) is 0 Å². The van der Waals surface area contributed by atoms with Gasteiger partial charge in [0, 0.05) is 19.7 Å². The molecule has 1 aromatic carbocycles. The number of carbonyl (C=O) groups excluding carboxylic acids is 1. The Bertz CT molecular complexity index is 678. The average molecular weight is 344 g/mol. The second-order valence-corrected chi connectivity index (χ2v) is 7.13. The van der Waals surface area contributed by atoms with Crippen LogP contribution in [0.3, 0.4) is 0 Å². The maximum atomic E-state index is 13.9. The van der Waals surface area contributed by atoms with Gasteiger partial charge in [-0.2, -0.15) is 0 Å². The lowest BCUT2D eigenvalue weighted by Crippen LogP contribution is -2.43. The van der Waals surface area contributed by atoms with Crippen LogP contribution in [-0.2, 0) is 14.8 Å². The van der Waals surface area contributed by atoms with Crippen LogP contribution < -0.4 is 5.14 Å². The molecule has 6 nitrogen and oxygen atoms in total. The summed E-state index contributed by atoms with van der Waals surface area (Å²) in [5, 5.41) is 5.04. The number of likely N-dealkylation sites (tertiary alicyclic amines) is 1. The first-order valence-electron chi connectivity index (χ1n) is 7.56. The van der Waals surface area contributed by atoms with Crippen LogP contribution in [0.4, 0.5) is 4.39 Å². The van der Waals surface area contributed by atoms with Crippen molar-refractivity contribution in [2.45, 2.75) is 37.2 Å². The van der Waals surface area contributed by atoms with Crippen molar-refractivity contribution in [2.75, 3.05) is 19.7 Å². The van der Waals surface area contributed by atoms with E-state index >= 15 is 0 Å². The molecule has 0 spiro atoms. The van der Waals surface area contributed by atoms with Gasteiger partial charge in [-0.1, -0.05) is 6.92 Å². The van der Waals surface area contributed by atoms with Gasteiger partial charge in [0.15, 0.2) is 0 Å². The summed E-state index contributed by atoms with van der Waals surface area (Å²) in [4.78, 5) is 13.7. The highest BCUT2D eigenvalue weighted by molar-refractivity contribution is 7.89. The maximum Gasteiger partial charge on any atom is 0.256 e. The zero-order valence-electron chi connectivity index (χ0n) is 13.0. The molecule has 1 aliphatic heterocycles. The quantitative estimate of drug-likeness (QED) is 0.876. The van der Waals surface area contributed by atoms with Gasteiger partial charge in [0.25, 0.3) is 5.91 Å². The second-order valence-electron chi connectivity index (χ2n) is 5.57. The largest absolute Gasteiger partial charge is 0.376 e. The standard InChI is InChI=1S/C15H21FN2O4S/c1-2-8-22-11-4-3-7-18(10-11)15(19)13-9-12(23(17,20)21)5-6-14(13)16/h5-6,9,11H,2-4,7-8,10H2,1H3,(H2,17,20,21). The molecule has 0 aromatic heterocycles. The Kier molecular flexibility index (Phi) is 5.72. The minimum Gasteiger partial charge on any atom is -0.376 e. The number of nitrogens with two attached hydrogens (primary N) is 1. The number of benzene rings is 1. The van der Waals surface area contributed by atoms with E-state index in [1.165, 1.54) is 4.90 Å². The lowest BCUT2D eigenvalue weighted by molar-refractivity contribution is 0.00195. The monoisotopic (exact) mass is 344 g/mol. The predicted molar refractivity (Wildman–Crippen MR) is 82.9 cm³/mol. The van der Waals surface area contributed by atoms with Crippen molar-refractivity contribution in [1.29, 1.82) is 0 Å². The average Bonchev–Trinajstić information content (AvgIpc) is 2.52. The fourth-order valence-electron chi connectivity index (χ4n) is 2.56. The van der Waals surface area contributed by atoms with Gasteiger partial charge in [-0.25, -0.2) is 17.9 Å². The van der Waals surface area contributed by atoms with E-state index in [2.05, 4.69) is 0 Å². The third-order valence-corrected chi connectivity index (χ3v) is 4.63. The molecule has 0 bridgehead atoms. The molecule has 1 amide bonds.